The van der Waals surface area contributed by atoms with Crippen molar-refractivity contribution in [1.29, 1.82) is 0 Å². The Bertz CT molecular complexity index is 330. The summed E-state index contributed by atoms with van der Waals surface area (Å²) in [5.41, 5.74) is -0.403. The van der Waals surface area contributed by atoms with Crippen LogP contribution >= 0.6 is 0 Å². The largest absolute Gasteiger partial charge is 0.425 e. The van der Waals surface area contributed by atoms with Crippen LogP contribution in [-0.4, -0.2) is 5.11 Å². The van der Waals surface area contributed by atoms with Gasteiger partial charge in [0.15, 0.2) is 0 Å². The Balaban J connectivity index is 2.40. The highest BCUT2D eigenvalue weighted by Crippen LogP contribution is 2.18. The molecule has 1 unspecified atom stereocenters. The van der Waals surface area contributed by atoms with Crippen LogP contribution in [0.5, 0.6) is 0 Å². The first kappa shape index (κ1) is 12.0. The maximum Gasteiger partial charge on any atom is 0.335 e. The molecule has 0 saturated carbocycles. The van der Waals surface area contributed by atoms with Gasteiger partial charge in [0.25, 0.3) is 0 Å². The van der Waals surface area contributed by atoms with Gasteiger partial charge >= 0.3 is 5.63 Å². The van der Waals surface area contributed by atoms with Crippen molar-refractivity contribution in [1.82, 2.24) is 0 Å². The Kier molecular flexibility index (Phi) is 5.12. The molecule has 0 saturated heterocycles. The van der Waals surface area contributed by atoms with Crippen LogP contribution in [0.4, 0.5) is 0 Å². The van der Waals surface area contributed by atoms with Crippen LogP contribution in [-0.2, 0) is 0 Å². The standard InChI is InChI=1S/C12H18O3/c1-2-3-4-5-7-10(13)11-8-6-9-12(14)15-11/h6,8-10,13H,2-5,7H2,1H3. The molecule has 3 heteroatoms. The van der Waals surface area contributed by atoms with Crippen molar-refractivity contribution < 1.29 is 9.52 Å². The molecule has 0 aliphatic carbocycles. The average molecular weight is 210 g/mol. The van der Waals surface area contributed by atoms with E-state index in [-0.39, 0.29) is 0 Å². The Morgan fingerprint density at radius 2 is 2.13 bits per heavy atom. The van der Waals surface area contributed by atoms with Crippen LogP contribution in [0.15, 0.2) is 27.4 Å². The lowest BCUT2D eigenvalue weighted by Crippen LogP contribution is -2.03. The first-order valence-corrected chi connectivity index (χ1v) is 5.52. The third-order valence-electron chi connectivity index (χ3n) is 2.37. The molecule has 15 heavy (non-hydrogen) atoms. The number of unbranched alkanes of at least 4 members (excludes halogenated alkanes) is 3. The monoisotopic (exact) mass is 210 g/mol. The van der Waals surface area contributed by atoms with E-state index in [9.17, 15) is 9.90 Å². The van der Waals surface area contributed by atoms with Crippen molar-refractivity contribution in [2.45, 2.75) is 45.1 Å². The molecular weight excluding hydrogens is 192 g/mol. The van der Waals surface area contributed by atoms with Gasteiger partial charge in [0.1, 0.15) is 11.9 Å². The lowest BCUT2D eigenvalue weighted by atomic mass is 10.1. The zero-order valence-corrected chi connectivity index (χ0v) is 9.11. The second-order valence-electron chi connectivity index (χ2n) is 3.71. The minimum atomic E-state index is -0.643. The molecule has 0 spiro atoms. The first-order chi connectivity index (χ1) is 7.24. The van der Waals surface area contributed by atoms with Gasteiger partial charge in [0.05, 0.1) is 0 Å². The van der Waals surface area contributed by atoms with Crippen molar-refractivity contribution in [2.75, 3.05) is 0 Å². The average Bonchev–Trinajstić information content (AvgIpc) is 2.24. The number of hydrogen-bond donors (Lipinski definition) is 1. The summed E-state index contributed by atoms with van der Waals surface area (Å²) in [6.07, 6.45) is 4.46. The number of aliphatic hydroxyl groups is 1. The van der Waals surface area contributed by atoms with Gasteiger partial charge in [-0.15, -0.1) is 0 Å². The van der Waals surface area contributed by atoms with Gasteiger partial charge in [-0.05, 0) is 12.5 Å². The lowest BCUT2D eigenvalue weighted by molar-refractivity contribution is 0.132. The lowest BCUT2D eigenvalue weighted by Gasteiger charge is -2.08. The Morgan fingerprint density at radius 3 is 2.80 bits per heavy atom. The van der Waals surface area contributed by atoms with Gasteiger partial charge in [0, 0.05) is 6.07 Å². The summed E-state index contributed by atoms with van der Waals surface area (Å²) in [5.74, 6) is 0.374. The zero-order valence-electron chi connectivity index (χ0n) is 9.11. The van der Waals surface area contributed by atoms with E-state index in [0.29, 0.717) is 12.2 Å². The quantitative estimate of drug-likeness (QED) is 0.734. The molecule has 0 aliphatic rings. The molecule has 0 radical (unpaired) electrons. The van der Waals surface area contributed by atoms with Crippen LogP contribution in [0.2, 0.25) is 0 Å². The molecule has 1 rings (SSSR count). The molecular formula is C12H18O3. The van der Waals surface area contributed by atoms with Gasteiger partial charge in [-0.2, -0.15) is 0 Å². The Morgan fingerprint density at radius 1 is 1.33 bits per heavy atom. The van der Waals surface area contributed by atoms with Crippen LogP contribution < -0.4 is 5.63 Å². The third-order valence-corrected chi connectivity index (χ3v) is 2.37. The number of hydrogen-bond acceptors (Lipinski definition) is 3. The molecule has 0 aromatic carbocycles. The minimum Gasteiger partial charge on any atom is -0.425 e. The van der Waals surface area contributed by atoms with Crippen LogP contribution in [0.1, 0.15) is 50.9 Å². The van der Waals surface area contributed by atoms with E-state index in [1.165, 1.54) is 18.9 Å². The molecule has 0 aliphatic heterocycles. The Labute approximate surface area is 89.7 Å². The summed E-state index contributed by atoms with van der Waals surface area (Å²) in [5, 5.41) is 9.71. The summed E-state index contributed by atoms with van der Waals surface area (Å²) < 4.78 is 4.89. The van der Waals surface area contributed by atoms with Gasteiger partial charge in [-0.1, -0.05) is 38.7 Å². The van der Waals surface area contributed by atoms with E-state index in [2.05, 4.69) is 6.92 Å². The van der Waals surface area contributed by atoms with Gasteiger partial charge in [-0.25, -0.2) is 4.79 Å². The van der Waals surface area contributed by atoms with Crippen LogP contribution in [0.3, 0.4) is 0 Å². The molecule has 1 aromatic rings. The number of rotatable bonds is 6. The molecule has 0 bridgehead atoms. The molecule has 1 heterocycles. The van der Waals surface area contributed by atoms with Crippen LogP contribution in [0.25, 0.3) is 0 Å². The highest BCUT2D eigenvalue weighted by Gasteiger charge is 2.09. The molecule has 1 aromatic heterocycles. The van der Waals surface area contributed by atoms with Gasteiger partial charge in [-0.3, -0.25) is 0 Å². The summed E-state index contributed by atoms with van der Waals surface area (Å²) in [6, 6.07) is 4.59. The molecule has 1 N–H and O–H groups in total. The fourth-order valence-corrected chi connectivity index (χ4v) is 1.49. The normalized spacial score (nSPS) is 12.7. The van der Waals surface area contributed by atoms with Crippen molar-refractivity contribution in [3.8, 4) is 0 Å². The fourth-order valence-electron chi connectivity index (χ4n) is 1.49. The van der Waals surface area contributed by atoms with Crippen molar-refractivity contribution in [3.63, 3.8) is 0 Å². The minimum absolute atomic E-state index is 0.374. The van der Waals surface area contributed by atoms with Gasteiger partial charge < -0.3 is 9.52 Å². The molecule has 0 amide bonds. The number of aliphatic hydroxyl groups excluding tert-OH is 1. The van der Waals surface area contributed by atoms with E-state index in [1.807, 2.05) is 0 Å². The van der Waals surface area contributed by atoms with Gasteiger partial charge in [0.2, 0.25) is 0 Å². The van der Waals surface area contributed by atoms with Crippen molar-refractivity contribution in [3.05, 3.63) is 34.4 Å². The van der Waals surface area contributed by atoms with E-state index >= 15 is 0 Å². The third kappa shape index (κ3) is 4.30. The summed E-state index contributed by atoms with van der Waals surface area (Å²) >= 11 is 0. The molecule has 3 nitrogen and oxygen atoms in total. The summed E-state index contributed by atoms with van der Waals surface area (Å²) in [4.78, 5) is 10.9. The fraction of sp³-hybridized carbons (Fsp3) is 0.583. The second kappa shape index (κ2) is 6.40. The zero-order chi connectivity index (χ0) is 11.1. The summed E-state index contributed by atoms with van der Waals surface area (Å²) in [6.45, 7) is 2.15. The predicted octanol–water partition coefficient (Wildman–Crippen LogP) is 2.64. The Hall–Kier alpha value is -1.09. The smallest absolute Gasteiger partial charge is 0.335 e. The topological polar surface area (TPSA) is 50.4 Å². The predicted molar refractivity (Wildman–Crippen MR) is 58.7 cm³/mol. The second-order valence-corrected chi connectivity index (χ2v) is 3.71. The first-order valence-electron chi connectivity index (χ1n) is 5.52. The van der Waals surface area contributed by atoms with E-state index < -0.39 is 11.7 Å². The molecule has 0 fully saturated rings. The van der Waals surface area contributed by atoms with E-state index in [0.717, 1.165) is 12.8 Å². The SMILES string of the molecule is CCCCCCC(O)c1cccc(=O)o1. The van der Waals surface area contributed by atoms with Crippen molar-refractivity contribution >= 4 is 0 Å². The maximum absolute atomic E-state index is 10.9. The van der Waals surface area contributed by atoms with E-state index in [4.69, 9.17) is 4.42 Å². The van der Waals surface area contributed by atoms with Crippen LogP contribution in [0, 0.1) is 0 Å². The molecule has 84 valence electrons. The van der Waals surface area contributed by atoms with Crippen molar-refractivity contribution in [2.24, 2.45) is 0 Å². The summed E-state index contributed by atoms with van der Waals surface area (Å²) in [7, 11) is 0. The molecule has 1 atom stereocenters. The highest BCUT2D eigenvalue weighted by atomic mass is 16.4. The van der Waals surface area contributed by atoms with E-state index in [1.54, 1.807) is 12.1 Å². The highest BCUT2D eigenvalue weighted by molar-refractivity contribution is 5.02. The maximum atomic E-state index is 10.9.